The second-order valence-corrected chi connectivity index (χ2v) is 6.08. The predicted molar refractivity (Wildman–Crippen MR) is 87.8 cm³/mol. The zero-order chi connectivity index (χ0) is 15.2. The van der Waals surface area contributed by atoms with E-state index in [0.717, 1.165) is 44.1 Å². The highest BCUT2D eigenvalue weighted by Gasteiger charge is 2.26. The first kappa shape index (κ1) is 16.2. The van der Waals surface area contributed by atoms with Crippen molar-refractivity contribution >= 4 is 5.82 Å². The van der Waals surface area contributed by atoms with E-state index in [2.05, 4.69) is 43.1 Å². The van der Waals surface area contributed by atoms with E-state index >= 15 is 0 Å². The Morgan fingerprint density at radius 1 is 1.43 bits per heavy atom. The van der Waals surface area contributed by atoms with Crippen LogP contribution in [0.3, 0.4) is 0 Å². The summed E-state index contributed by atoms with van der Waals surface area (Å²) in [5.41, 5.74) is 2.42. The highest BCUT2D eigenvalue weighted by molar-refractivity contribution is 5.42. The van der Waals surface area contributed by atoms with Gasteiger partial charge >= 0.3 is 0 Å². The minimum Gasteiger partial charge on any atom is -0.379 e. The van der Waals surface area contributed by atoms with Gasteiger partial charge in [0, 0.05) is 32.4 Å². The molecule has 0 spiro atoms. The quantitative estimate of drug-likeness (QED) is 0.818. The summed E-state index contributed by atoms with van der Waals surface area (Å²) >= 11 is 0. The van der Waals surface area contributed by atoms with Gasteiger partial charge in [0.25, 0.3) is 0 Å². The van der Waals surface area contributed by atoms with Gasteiger partial charge in [-0.05, 0) is 43.9 Å². The van der Waals surface area contributed by atoms with Crippen LogP contribution in [0.25, 0.3) is 0 Å². The van der Waals surface area contributed by atoms with Gasteiger partial charge in [0.2, 0.25) is 0 Å². The van der Waals surface area contributed by atoms with Crippen LogP contribution in [0, 0.1) is 12.8 Å². The average Bonchev–Trinajstić information content (AvgIpc) is 2.49. The Balaban J connectivity index is 2.02. The number of aryl methyl sites for hydroxylation is 1. The molecule has 1 saturated heterocycles. The third kappa shape index (κ3) is 4.17. The minimum absolute atomic E-state index is 0.312. The Bertz CT molecular complexity index is 450. The molecule has 1 fully saturated rings. The lowest BCUT2D eigenvalue weighted by molar-refractivity contribution is 0.0496. The molecule has 2 atom stereocenters. The lowest BCUT2D eigenvalue weighted by Crippen LogP contribution is -2.44. The van der Waals surface area contributed by atoms with Crippen LogP contribution < -0.4 is 10.2 Å². The molecule has 0 aliphatic carbocycles. The predicted octanol–water partition coefficient (Wildman–Crippen LogP) is 2.75. The number of nitrogens with one attached hydrogen (secondary N) is 1. The summed E-state index contributed by atoms with van der Waals surface area (Å²) in [7, 11) is 1.81. The maximum absolute atomic E-state index is 5.60. The first-order valence-corrected chi connectivity index (χ1v) is 8.10. The zero-order valence-corrected chi connectivity index (χ0v) is 13.9. The maximum Gasteiger partial charge on any atom is 0.128 e. The number of piperidine rings is 1. The molecule has 1 aromatic heterocycles. The Kier molecular flexibility index (Phi) is 6.00. The Morgan fingerprint density at radius 2 is 2.24 bits per heavy atom. The number of hydrogen-bond donors (Lipinski definition) is 1. The van der Waals surface area contributed by atoms with E-state index < -0.39 is 0 Å². The first-order chi connectivity index (χ1) is 10.2. The molecule has 1 aliphatic heterocycles. The number of methoxy groups -OCH3 is 1. The van der Waals surface area contributed by atoms with E-state index in [-0.39, 0.29) is 0 Å². The maximum atomic E-state index is 5.60. The molecule has 1 aliphatic rings. The van der Waals surface area contributed by atoms with Crippen LogP contribution in [0.4, 0.5) is 5.82 Å². The number of hydrogen-bond acceptors (Lipinski definition) is 4. The van der Waals surface area contributed by atoms with Crippen LogP contribution in [-0.4, -0.2) is 37.8 Å². The molecule has 0 bridgehead atoms. The third-order valence-corrected chi connectivity index (χ3v) is 4.44. The topological polar surface area (TPSA) is 37.4 Å². The van der Waals surface area contributed by atoms with E-state index in [9.17, 15) is 0 Å². The molecular weight excluding hydrogens is 262 g/mol. The molecule has 2 heterocycles. The van der Waals surface area contributed by atoms with E-state index in [1.165, 1.54) is 12.0 Å². The smallest absolute Gasteiger partial charge is 0.128 e. The van der Waals surface area contributed by atoms with Gasteiger partial charge in [0.05, 0.1) is 6.10 Å². The molecule has 0 radical (unpaired) electrons. The summed E-state index contributed by atoms with van der Waals surface area (Å²) in [5.74, 6) is 1.71. The molecule has 0 aromatic carbocycles. The van der Waals surface area contributed by atoms with Gasteiger partial charge < -0.3 is 15.0 Å². The normalized spacial score (nSPS) is 22.6. The number of rotatable bonds is 6. The Hall–Kier alpha value is -1.13. The fourth-order valence-electron chi connectivity index (χ4n) is 2.89. The fraction of sp³-hybridized carbons (Fsp3) is 0.706. The van der Waals surface area contributed by atoms with Gasteiger partial charge in [-0.15, -0.1) is 0 Å². The van der Waals surface area contributed by atoms with Gasteiger partial charge in [-0.1, -0.05) is 19.9 Å². The largest absolute Gasteiger partial charge is 0.379 e. The molecule has 4 nitrogen and oxygen atoms in total. The highest BCUT2D eigenvalue weighted by atomic mass is 16.5. The summed E-state index contributed by atoms with van der Waals surface area (Å²) in [4.78, 5) is 7.15. The summed E-state index contributed by atoms with van der Waals surface area (Å²) in [5, 5.41) is 3.44. The van der Waals surface area contributed by atoms with Crippen molar-refractivity contribution in [3.8, 4) is 0 Å². The van der Waals surface area contributed by atoms with Crippen molar-refractivity contribution in [2.24, 2.45) is 5.92 Å². The minimum atomic E-state index is 0.312. The zero-order valence-electron chi connectivity index (χ0n) is 13.9. The lowest BCUT2D eigenvalue weighted by atomic mass is 9.96. The van der Waals surface area contributed by atoms with Crippen molar-refractivity contribution in [1.29, 1.82) is 0 Å². The summed E-state index contributed by atoms with van der Waals surface area (Å²) < 4.78 is 5.60. The number of pyridine rings is 1. The second-order valence-electron chi connectivity index (χ2n) is 6.08. The molecule has 0 saturated carbocycles. The number of nitrogens with zero attached hydrogens (tertiary/aromatic N) is 2. The summed E-state index contributed by atoms with van der Waals surface area (Å²) in [6.45, 7) is 10.5. The number of ether oxygens (including phenoxy) is 1. The molecule has 1 aromatic rings. The van der Waals surface area contributed by atoms with Gasteiger partial charge in [-0.2, -0.15) is 0 Å². The molecule has 118 valence electrons. The van der Waals surface area contributed by atoms with Crippen LogP contribution in [0.15, 0.2) is 12.1 Å². The van der Waals surface area contributed by atoms with Crippen molar-refractivity contribution in [2.75, 3.05) is 31.6 Å². The SMILES string of the molecule is CCCNCc1ccc(N2CCC(C)C(OC)C2)nc1C. The van der Waals surface area contributed by atoms with Crippen molar-refractivity contribution in [2.45, 2.75) is 46.3 Å². The monoisotopic (exact) mass is 291 g/mol. The summed E-state index contributed by atoms with van der Waals surface area (Å²) in [6, 6.07) is 4.36. The van der Waals surface area contributed by atoms with Crippen LogP contribution in [0.1, 0.15) is 37.9 Å². The lowest BCUT2D eigenvalue weighted by Gasteiger charge is -2.37. The molecule has 1 N–H and O–H groups in total. The van der Waals surface area contributed by atoms with E-state index in [0.29, 0.717) is 12.0 Å². The van der Waals surface area contributed by atoms with Gasteiger partial charge in [-0.3, -0.25) is 0 Å². The second kappa shape index (κ2) is 7.76. The van der Waals surface area contributed by atoms with Gasteiger partial charge in [-0.25, -0.2) is 4.98 Å². The molecule has 2 rings (SSSR count). The van der Waals surface area contributed by atoms with Crippen molar-refractivity contribution in [1.82, 2.24) is 10.3 Å². The highest BCUT2D eigenvalue weighted by Crippen LogP contribution is 2.24. The standard InChI is InChI=1S/C17H29N3O/c1-5-9-18-11-15-6-7-17(19-14(15)3)20-10-8-13(2)16(12-20)21-4/h6-7,13,16,18H,5,8-12H2,1-4H3. The summed E-state index contributed by atoms with van der Waals surface area (Å²) in [6.07, 6.45) is 2.64. The van der Waals surface area contributed by atoms with Gasteiger partial charge in [0.1, 0.15) is 5.82 Å². The molecule has 21 heavy (non-hydrogen) atoms. The van der Waals surface area contributed by atoms with Crippen LogP contribution in [0.2, 0.25) is 0 Å². The van der Waals surface area contributed by atoms with E-state index in [4.69, 9.17) is 9.72 Å². The third-order valence-electron chi connectivity index (χ3n) is 4.44. The van der Waals surface area contributed by atoms with Crippen molar-refractivity contribution in [3.63, 3.8) is 0 Å². The Morgan fingerprint density at radius 3 is 2.90 bits per heavy atom. The van der Waals surface area contributed by atoms with Crippen LogP contribution in [-0.2, 0) is 11.3 Å². The molecule has 4 heteroatoms. The average molecular weight is 291 g/mol. The van der Waals surface area contributed by atoms with Crippen LogP contribution in [0.5, 0.6) is 0 Å². The molecular formula is C17H29N3O. The van der Waals surface area contributed by atoms with Gasteiger partial charge in [0.15, 0.2) is 0 Å². The Labute approximate surface area is 128 Å². The van der Waals surface area contributed by atoms with Crippen molar-refractivity contribution in [3.05, 3.63) is 23.4 Å². The molecule has 2 unspecified atom stereocenters. The number of aromatic nitrogens is 1. The fourth-order valence-corrected chi connectivity index (χ4v) is 2.89. The number of anilines is 1. The van der Waals surface area contributed by atoms with Crippen molar-refractivity contribution < 1.29 is 4.74 Å². The first-order valence-electron chi connectivity index (χ1n) is 8.10. The van der Waals surface area contributed by atoms with Crippen LogP contribution >= 0.6 is 0 Å². The van der Waals surface area contributed by atoms with E-state index in [1.54, 1.807) is 0 Å². The van der Waals surface area contributed by atoms with E-state index in [1.807, 2.05) is 7.11 Å². The molecule has 0 amide bonds.